The fourth-order valence-electron chi connectivity index (χ4n) is 1.54. The summed E-state index contributed by atoms with van der Waals surface area (Å²) in [5, 5.41) is 0. The van der Waals surface area contributed by atoms with Crippen LogP contribution in [-0.4, -0.2) is 37.1 Å². The van der Waals surface area contributed by atoms with Gasteiger partial charge < -0.3 is 10.3 Å². The van der Waals surface area contributed by atoms with Gasteiger partial charge in [0.25, 0.3) is 0 Å². The first-order valence-corrected chi connectivity index (χ1v) is 7.39. The molecule has 0 aliphatic heterocycles. The molecule has 0 aromatic rings. The second kappa shape index (κ2) is 10.8. The third kappa shape index (κ3) is 8.15. The van der Waals surface area contributed by atoms with E-state index in [2.05, 4.69) is 51.7 Å². The maximum atomic E-state index is 5.77. The molecule has 4 heteroatoms. The Labute approximate surface area is 97.3 Å². The van der Waals surface area contributed by atoms with Crippen LogP contribution in [0.15, 0.2) is 0 Å². The molecule has 2 N–H and O–H groups in total. The Hall–Kier alpha value is 0.310. The van der Waals surface area contributed by atoms with Crippen molar-refractivity contribution >= 4 is 8.30 Å². The van der Waals surface area contributed by atoms with E-state index < -0.39 is 8.30 Å². The third-order valence-electron chi connectivity index (χ3n) is 1.87. The second-order valence-electron chi connectivity index (χ2n) is 3.86. The first-order chi connectivity index (χ1) is 7.00. The van der Waals surface area contributed by atoms with Gasteiger partial charge in [-0.15, -0.1) is 0 Å². The fraction of sp³-hybridized carbons (Fsp3) is 1.00. The summed E-state index contributed by atoms with van der Waals surface area (Å²) in [5.74, 6) is 0. The van der Waals surface area contributed by atoms with E-state index in [1.807, 2.05) is 0 Å². The minimum Gasteiger partial charge on any atom is -0.344 e. The molecule has 0 saturated heterocycles. The van der Waals surface area contributed by atoms with Crippen LogP contribution in [0.1, 0.15) is 41.0 Å². The van der Waals surface area contributed by atoms with E-state index in [-0.39, 0.29) is 0 Å². The number of hydrogen-bond donors (Lipinski definition) is 1. The van der Waals surface area contributed by atoms with Gasteiger partial charge >= 0.3 is 0 Å². The van der Waals surface area contributed by atoms with Gasteiger partial charge in [-0.1, -0.05) is 6.92 Å². The largest absolute Gasteiger partial charge is 0.344 e. The number of nitrogens with zero attached hydrogens (tertiary/aromatic N) is 1. The van der Waals surface area contributed by atoms with Crippen molar-refractivity contribution < 1.29 is 4.52 Å². The van der Waals surface area contributed by atoms with Crippen molar-refractivity contribution in [2.75, 3.05) is 20.3 Å². The van der Waals surface area contributed by atoms with Gasteiger partial charge in [-0.2, -0.15) is 0 Å². The summed E-state index contributed by atoms with van der Waals surface area (Å²) in [6.07, 6.45) is 1.11. The highest BCUT2D eigenvalue weighted by Gasteiger charge is 2.20. The summed E-state index contributed by atoms with van der Waals surface area (Å²) < 4.78 is 8.22. The quantitative estimate of drug-likeness (QED) is 0.720. The normalized spacial score (nSPS) is 13.0. The molecule has 1 atom stereocenters. The molecule has 0 fully saturated rings. The Balaban J connectivity index is 0. The van der Waals surface area contributed by atoms with Crippen molar-refractivity contribution in [1.82, 2.24) is 4.67 Å². The molecule has 0 saturated carbocycles. The summed E-state index contributed by atoms with van der Waals surface area (Å²) in [5.41, 5.74) is 4.50. The maximum absolute atomic E-state index is 5.77. The van der Waals surface area contributed by atoms with Crippen LogP contribution in [0.25, 0.3) is 0 Å². The van der Waals surface area contributed by atoms with Gasteiger partial charge in [-0.25, -0.2) is 0 Å². The highest BCUT2D eigenvalue weighted by Crippen LogP contribution is 2.40. The standard InChI is InChI=1S/C10H24NOP.CH5N/c1-7-8-12-13(6)11(9(2)3)10(4)5;1-2/h9-10H,7-8H2,1-6H3;2H2,1H3. The van der Waals surface area contributed by atoms with Crippen molar-refractivity contribution in [2.24, 2.45) is 5.73 Å². The lowest BCUT2D eigenvalue weighted by molar-refractivity contribution is 0.256. The molecule has 0 aromatic carbocycles. The minimum atomic E-state index is -0.395. The molecule has 15 heavy (non-hydrogen) atoms. The van der Waals surface area contributed by atoms with Crippen LogP contribution in [0.3, 0.4) is 0 Å². The average molecular weight is 236 g/mol. The van der Waals surface area contributed by atoms with Crippen molar-refractivity contribution in [2.45, 2.75) is 53.1 Å². The van der Waals surface area contributed by atoms with Gasteiger partial charge in [-0.3, -0.25) is 4.67 Å². The molecule has 0 rings (SSSR count). The first-order valence-electron chi connectivity index (χ1n) is 5.73. The summed E-state index contributed by atoms with van der Waals surface area (Å²) >= 11 is 0. The summed E-state index contributed by atoms with van der Waals surface area (Å²) in [7, 11) is 1.10. The highest BCUT2D eigenvalue weighted by atomic mass is 31.2. The second-order valence-corrected chi connectivity index (χ2v) is 5.51. The van der Waals surface area contributed by atoms with E-state index in [4.69, 9.17) is 4.52 Å². The Morgan fingerprint density at radius 1 is 1.13 bits per heavy atom. The van der Waals surface area contributed by atoms with Crippen LogP contribution in [0, 0.1) is 0 Å². The van der Waals surface area contributed by atoms with Gasteiger partial charge in [0.15, 0.2) is 0 Å². The molecule has 0 amide bonds. The van der Waals surface area contributed by atoms with E-state index in [0.29, 0.717) is 12.1 Å². The average Bonchev–Trinajstić information content (AvgIpc) is 2.16. The molecule has 0 aromatic heterocycles. The number of rotatable bonds is 6. The molecular weight excluding hydrogens is 207 g/mol. The molecular formula is C11H29N2OP. The van der Waals surface area contributed by atoms with Gasteiger partial charge in [0.1, 0.15) is 8.30 Å². The van der Waals surface area contributed by atoms with Crippen LogP contribution < -0.4 is 5.73 Å². The zero-order chi connectivity index (χ0) is 12.4. The van der Waals surface area contributed by atoms with Gasteiger partial charge in [0, 0.05) is 12.1 Å². The Bertz CT molecular complexity index is 124. The van der Waals surface area contributed by atoms with Crippen LogP contribution in [0.5, 0.6) is 0 Å². The fourth-order valence-corrected chi connectivity index (χ4v) is 3.42. The minimum absolute atomic E-state index is 0.395. The topological polar surface area (TPSA) is 38.5 Å². The molecule has 0 spiro atoms. The third-order valence-corrected chi connectivity index (χ3v) is 4.00. The van der Waals surface area contributed by atoms with Gasteiger partial charge in [-0.05, 0) is 47.8 Å². The molecule has 0 aliphatic carbocycles. The lowest BCUT2D eigenvalue weighted by Crippen LogP contribution is -2.32. The summed E-state index contributed by atoms with van der Waals surface area (Å²) in [4.78, 5) is 0. The molecule has 0 bridgehead atoms. The van der Waals surface area contributed by atoms with Crippen molar-refractivity contribution in [1.29, 1.82) is 0 Å². The van der Waals surface area contributed by atoms with Crippen LogP contribution in [-0.2, 0) is 4.52 Å². The Kier molecular flexibility index (Phi) is 12.8. The molecule has 0 radical (unpaired) electrons. The predicted molar refractivity (Wildman–Crippen MR) is 71.3 cm³/mol. The van der Waals surface area contributed by atoms with Gasteiger partial charge in [0.05, 0.1) is 6.61 Å². The Morgan fingerprint density at radius 3 is 1.80 bits per heavy atom. The van der Waals surface area contributed by atoms with E-state index in [1.165, 1.54) is 7.05 Å². The molecule has 3 nitrogen and oxygen atoms in total. The van der Waals surface area contributed by atoms with Crippen LogP contribution in [0.4, 0.5) is 0 Å². The highest BCUT2D eigenvalue weighted by molar-refractivity contribution is 7.49. The van der Waals surface area contributed by atoms with Crippen LogP contribution in [0.2, 0.25) is 0 Å². The Morgan fingerprint density at radius 2 is 1.53 bits per heavy atom. The van der Waals surface area contributed by atoms with Gasteiger partial charge in [0.2, 0.25) is 0 Å². The lowest BCUT2D eigenvalue weighted by atomic mass is 10.3. The van der Waals surface area contributed by atoms with E-state index in [1.54, 1.807) is 0 Å². The zero-order valence-electron chi connectivity index (χ0n) is 11.4. The van der Waals surface area contributed by atoms with Crippen molar-refractivity contribution in [3.8, 4) is 0 Å². The molecule has 0 aliphatic rings. The number of nitrogens with two attached hydrogens (primary N) is 1. The molecule has 1 unspecified atom stereocenters. The lowest BCUT2D eigenvalue weighted by Gasteiger charge is -2.35. The first kappa shape index (κ1) is 17.7. The van der Waals surface area contributed by atoms with E-state index in [9.17, 15) is 0 Å². The van der Waals surface area contributed by atoms with E-state index >= 15 is 0 Å². The SMILES string of the molecule is CCCOP(C)N(C(C)C)C(C)C.CN. The molecule has 0 heterocycles. The zero-order valence-corrected chi connectivity index (χ0v) is 12.3. The van der Waals surface area contributed by atoms with Crippen molar-refractivity contribution in [3.05, 3.63) is 0 Å². The summed E-state index contributed by atoms with van der Waals surface area (Å²) in [6, 6.07) is 1.15. The maximum Gasteiger partial charge on any atom is 0.101 e. The monoisotopic (exact) mass is 236 g/mol. The number of hydrogen-bond acceptors (Lipinski definition) is 3. The van der Waals surface area contributed by atoms with E-state index in [0.717, 1.165) is 13.0 Å². The van der Waals surface area contributed by atoms with Crippen molar-refractivity contribution in [3.63, 3.8) is 0 Å². The predicted octanol–water partition coefficient (Wildman–Crippen LogP) is 3.05. The smallest absolute Gasteiger partial charge is 0.101 e. The molecule has 94 valence electrons. The summed E-state index contributed by atoms with van der Waals surface area (Å²) in [6.45, 7) is 14.2. The van der Waals surface area contributed by atoms with Crippen LogP contribution >= 0.6 is 8.30 Å².